The van der Waals surface area contributed by atoms with Gasteiger partial charge in [-0.2, -0.15) is 9.61 Å². The van der Waals surface area contributed by atoms with Crippen molar-refractivity contribution in [2.45, 2.75) is 26.0 Å². The number of aryl methyl sites for hydroxylation is 1. The smallest absolute Gasteiger partial charge is 0.329 e. The second kappa shape index (κ2) is 9.52. The minimum atomic E-state index is -0.902. The van der Waals surface area contributed by atoms with E-state index in [4.69, 9.17) is 4.74 Å². The SMILES string of the molecule is Cc1nn2c(=O)cc(COC(=O)[C@H](Cc3ccccc3)NC(=O)c3ccccc3)nc2s1. The summed E-state index contributed by atoms with van der Waals surface area (Å²) in [6, 6.07) is 18.4. The number of hydrogen-bond donors (Lipinski definition) is 1. The van der Waals surface area contributed by atoms with Crippen molar-refractivity contribution in [2.75, 3.05) is 0 Å². The van der Waals surface area contributed by atoms with Crippen molar-refractivity contribution in [3.05, 3.63) is 98.9 Å². The summed E-state index contributed by atoms with van der Waals surface area (Å²) in [5.41, 5.74) is 1.29. The molecule has 0 fully saturated rings. The van der Waals surface area contributed by atoms with Gasteiger partial charge in [-0.1, -0.05) is 59.9 Å². The van der Waals surface area contributed by atoms with Crippen LogP contribution in [-0.2, 0) is 22.6 Å². The Kier molecular flexibility index (Phi) is 6.37. The number of rotatable bonds is 7. The van der Waals surface area contributed by atoms with Crippen LogP contribution in [0.5, 0.6) is 0 Å². The van der Waals surface area contributed by atoms with Crippen molar-refractivity contribution in [1.29, 1.82) is 0 Å². The van der Waals surface area contributed by atoms with E-state index in [2.05, 4.69) is 15.4 Å². The van der Waals surface area contributed by atoms with Crippen LogP contribution < -0.4 is 10.9 Å². The average molecular weight is 449 g/mol. The van der Waals surface area contributed by atoms with Gasteiger partial charge in [0.2, 0.25) is 4.96 Å². The first-order chi connectivity index (χ1) is 15.5. The molecule has 2 aromatic heterocycles. The van der Waals surface area contributed by atoms with Gasteiger partial charge in [0.1, 0.15) is 17.7 Å². The monoisotopic (exact) mass is 448 g/mol. The summed E-state index contributed by atoms with van der Waals surface area (Å²) in [4.78, 5) is 42.5. The Balaban J connectivity index is 1.50. The molecule has 4 rings (SSSR count). The van der Waals surface area contributed by atoms with Crippen molar-refractivity contribution in [3.8, 4) is 0 Å². The van der Waals surface area contributed by atoms with Crippen LogP contribution in [0.3, 0.4) is 0 Å². The molecule has 162 valence electrons. The maximum Gasteiger partial charge on any atom is 0.329 e. The van der Waals surface area contributed by atoms with Crippen molar-refractivity contribution in [1.82, 2.24) is 19.9 Å². The maximum atomic E-state index is 12.9. The van der Waals surface area contributed by atoms with Gasteiger partial charge in [-0.3, -0.25) is 9.59 Å². The summed E-state index contributed by atoms with van der Waals surface area (Å²) < 4.78 is 6.64. The number of esters is 1. The summed E-state index contributed by atoms with van der Waals surface area (Å²) in [6.45, 7) is 1.59. The van der Waals surface area contributed by atoms with Gasteiger partial charge >= 0.3 is 5.97 Å². The van der Waals surface area contributed by atoms with E-state index in [1.165, 1.54) is 21.9 Å². The second-order valence-electron chi connectivity index (χ2n) is 7.09. The van der Waals surface area contributed by atoms with Crippen LogP contribution in [0.15, 0.2) is 71.5 Å². The van der Waals surface area contributed by atoms with Gasteiger partial charge in [-0.05, 0) is 24.6 Å². The normalized spacial score (nSPS) is 11.8. The number of carbonyl (C=O) groups excluding carboxylic acids is 2. The molecule has 0 unspecified atom stereocenters. The lowest BCUT2D eigenvalue weighted by molar-refractivity contribution is -0.147. The fourth-order valence-corrected chi connectivity index (χ4v) is 3.91. The van der Waals surface area contributed by atoms with Crippen LogP contribution in [-0.4, -0.2) is 32.5 Å². The topological polar surface area (TPSA) is 103 Å². The molecule has 0 aliphatic rings. The van der Waals surface area contributed by atoms with Gasteiger partial charge in [0.15, 0.2) is 0 Å². The van der Waals surface area contributed by atoms with Gasteiger partial charge in [-0.15, -0.1) is 0 Å². The lowest BCUT2D eigenvalue weighted by Gasteiger charge is -2.18. The molecule has 9 heteroatoms. The van der Waals surface area contributed by atoms with E-state index in [0.717, 1.165) is 5.56 Å². The Hall–Kier alpha value is -3.85. The molecule has 32 heavy (non-hydrogen) atoms. The van der Waals surface area contributed by atoms with Crippen molar-refractivity contribution < 1.29 is 14.3 Å². The number of nitrogens with one attached hydrogen (secondary N) is 1. The Bertz CT molecular complexity index is 1300. The molecule has 4 aromatic rings. The summed E-state index contributed by atoms with van der Waals surface area (Å²) in [5.74, 6) is -0.984. The zero-order valence-corrected chi connectivity index (χ0v) is 18.0. The number of nitrogens with zero attached hydrogens (tertiary/aromatic N) is 3. The van der Waals surface area contributed by atoms with E-state index in [0.29, 0.717) is 21.2 Å². The molecular formula is C23H20N4O4S. The molecule has 1 N–H and O–H groups in total. The van der Waals surface area contributed by atoms with Crippen LogP contribution in [0.1, 0.15) is 26.6 Å². The van der Waals surface area contributed by atoms with E-state index < -0.39 is 12.0 Å². The van der Waals surface area contributed by atoms with Crippen molar-refractivity contribution in [3.63, 3.8) is 0 Å². The summed E-state index contributed by atoms with van der Waals surface area (Å²) >= 11 is 1.27. The van der Waals surface area contributed by atoms with Crippen LogP contribution in [0.4, 0.5) is 0 Å². The van der Waals surface area contributed by atoms with Crippen LogP contribution in [0, 0.1) is 6.92 Å². The van der Waals surface area contributed by atoms with Crippen LogP contribution in [0.2, 0.25) is 0 Å². The second-order valence-corrected chi connectivity index (χ2v) is 8.25. The standard InChI is InChI=1S/C23H20N4O4S/c1-15-26-27-20(28)13-18(24-23(27)32-15)14-31-22(30)19(12-16-8-4-2-5-9-16)25-21(29)17-10-6-3-7-11-17/h2-11,13,19H,12,14H2,1H3,(H,25,29)/t19-/m0/s1. The fraction of sp³-hybridized carbons (Fsp3) is 0.174. The Labute approximate surface area is 187 Å². The highest BCUT2D eigenvalue weighted by Gasteiger charge is 2.24. The molecule has 0 radical (unpaired) electrons. The molecular weight excluding hydrogens is 428 g/mol. The molecule has 0 bridgehead atoms. The summed E-state index contributed by atoms with van der Waals surface area (Å²) in [7, 11) is 0. The molecule has 2 aromatic carbocycles. The molecule has 8 nitrogen and oxygen atoms in total. The number of benzene rings is 2. The highest BCUT2D eigenvalue weighted by molar-refractivity contribution is 7.16. The maximum absolute atomic E-state index is 12.9. The predicted octanol–water partition coefficient (Wildman–Crippen LogP) is 2.54. The first kappa shape index (κ1) is 21.4. The molecule has 1 atom stereocenters. The first-order valence-corrected chi connectivity index (χ1v) is 10.7. The number of hydrogen-bond acceptors (Lipinski definition) is 7. The first-order valence-electron chi connectivity index (χ1n) is 9.92. The van der Waals surface area contributed by atoms with Crippen molar-refractivity contribution >= 4 is 28.2 Å². The minimum absolute atomic E-state index is 0.186. The lowest BCUT2D eigenvalue weighted by atomic mass is 10.1. The highest BCUT2D eigenvalue weighted by Crippen LogP contribution is 2.11. The number of carbonyl (C=O) groups is 2. The van der Waals surface area contributed by atoms with Crippen molar-refractivity contribution in [2.24, 2.45) is 0 Å². The molecule has 0 spiro atoms. The fourth-order valence-electron chi connectivity index (χ4n) is 3.15. The quantitative estimate of drug-likeness (QED) is 0.436. The minimum Gasteiger partial charge on any atom is -0.458 e. The number of aromatic nitrogens is 3. The Morgan fingerprint density at radius 3 is 2.50 bits per heavy atom. The van der Waals surface area contributed by atoms with E-state index >= 15 is 0 Å². The molecule has 1 amide bonds. The van der Waals surface area contributed by atoms with Gasteiger partial charge in [0.05, 0.1) is 5.69 Å². The zero-order chi connectivity index (χ0) is 22.5. The van der Waals surface area contributed by atoms with E-state index in [1.54, 1.807) is 31.2 Å². The summed E-state index contributed by atoms with van der Waals surface area (Å²) in [5, 5.41) is 7.55. The molecule has 0 saturated heterocycles. The summed E-state index contributed by atoms with van der Waals surface area (Å²) in [6.07, 6.45) is 0.265. The Morgan fingerprint density at radius 1 is 1.09 bits per heavy atom. The Morgan fingerprint density at radius 2 is 1.78 bits per heavy atom. The van der Waals surface area contributed by atoms with Gasteiger partial charge in [-0.25, -0.2) is 9.78 Å². The number of amides is 1. The van der Waals surface area contributed by atoms with E-state index in [9.17, 15) is 14.4 Å². The van der Waals surface area contributed by atoms with Crippen LogP contribution in [0.25, 0.3) is 4.96 Å². The third kappa shape index (κ3) is 5.06. The molecule has 0 saturated carbocycles. The average Bonchev–Trinajstić information content (AvgIpc) is 3.19. The van der Waals surface area contributed by atoms with Gasteiger partial charge in [0.25, 0.3) is 11.5 Å². The third-order valence-electron chi connectivity index (χ3n) is 4.67. The molecule has 0 aliphatic carbocycles. The third-order valence-corrected chi connectivity index (χ3v) is 5.49. The van der Waals surface area contributed by atoms with Gasteiger partial charge < -0.3 is 10.1 Å². The largest absolute Gasteiger partial charge is 0.458 e. The molecule has 0 aliphatic heterocycles. The number of ether oxygens (including phenoxy) is 1. The lowest BCUT2D eigenvalue weighted by Crippen LogP contribution is -2.43. The zero-order valence-electron chi connectivity index (χ0n) is 17.2. The predicted molar refractivity (Wildman–Crippen MR) is 120 cm³/mol. The van der Waals surface area contributed by atoms with E-state index in [-0.39, 0.29) is 24.5 Å². The van der Waals surface area contributed by atoms with Crippen LogP contribution >= 0.6 is 11.3 Å². The number of fused-ring (bicyclic) bond motifs is 1. The van der Waals surface area contributed by atoms with Gasteiger partial charge in [0, 0.05) is 18.1 Å². The highest BCUT2D eigenvalue weighted by atomic mass is 32.1. The molecule has 2 heterocycles. The van der Waals surface area contributed by atoms with E-state index in [1.807, 2.05) is 36.4 Å².